The van der Waals surface area contributed by atoms with Crippen LogP contribution in [0.15, 0.2) is 35.5 Å². The first kappa shape index (κ1) is 21.3. The molecule has 1 aromatic carbocycles. The van der Waals surface area contributed by atoms with Gasteiger partial charge in [-0.25, -0.2) is 8.42 Å². The van der Waals surface area contributed by atoms with E-state index >= 15 is 0 Å². The molecule has 3 rings (SSSR count). The Hall–Kier alpha value is -2.43. The molecule has 0 spiro atoms. The van der Waals surface area contributed by atoms with Gasteiger partial charge < -0.3 is 14.8 Å². The maximum atomic E-state index is 12.9. The molecule has 29 heavy (non-hydrogen) atoms. The first-order valence-electron chi connectivity index (χ1n) is 9.45. The van der Waals surface area contributed by atoms with Gasteiger partial charge in [-0.3, -0.25) is 9.48 Å². The molecule has 0 aliphatic carbocycles. The van der Waals surface area contributed by atoms with Crippen molar-refractivity contribution in [1.82, 2.24) is 19.4 Å². The summed E-state index contributed by atoms with van der Waals surface area (Å²) in [4.78, 5) is 12.7. The molecular formula is C19H26N4O5S. The van der Waals surface area contributed by atoms with E-state index in [-0.39, 0.29) is 16.4 Å². The lowest BCUT2D eigenvalue weighted by molar-refractivity contribution is 0.0730. The topological polar surface area (TPSA) is 103 Å². The van der Waals surface area contributed by atoms with Crippen molar-refractivity contribution >= 4 is 15.9 Å². The van der Waals surface area contributed by atoms with Crippen LogP contribution < -0.4 is 10.1 Å². The molecule has 9 nitrogen and oxygen atoms in total. The number of hydrogen-bond donors (Lipinski definition) is 1. The molecule has 2 aromatic rings. The molecule has 1 aliphatic heterocycles. The number of amides is 1. The lowest BCUT2D eigenvalue weighted by atomic mass is 10.2. The quantitative estimate of drug-likeness (QED) is 0.638. The number of nitrogens with zero attached hydrogens (tertiary/aromatic N) is 3. The summed E-state index contributed by atoms with van der Waals surface area (Å²) in [5.74, 6) is -0.0522. The van der Waals surface area contributed by atoms with Gasteiger partial charge in [-0.1, -0.05) is 0 Å². The number of carbonyl (C=O) groups is 1. The van der Waals surface area contributed by atoms with Crippen LogP contribution in [0.3, 0.4) is 0 Å². The minimum Gasteiger partial charge on any atom is -0.496 e. The Morgan fingerprint density at radius 1 is 1.31 bits per heavy atom. The first-order valence-corrected chi connectivity index (χ1v) is 10.9. The van der Waals surface area contributed by atoms with Crippen LogP contribution in [0, 0.1) is 6.92 Å². The molecule has 0 radical (unpaired) electrons. The van der Waals surface area contributed by atoms with Crippen molar-refractivity contribution in [3.8, 4) is 5.75 Å². The second-order valence-electron chi connectivity index (χ2n) is 6.77. The number of ether oxygens (including phenoxy) is 2. The Kier molecular flexibility index (Phi) is 6.88. The van der Waals surface area contributed by atoms with E-state index in [2.05, 4.69) is 10.4 Å². The molecule has 1 saturated heterocycles. The standard InChI is InChI=1S/C19H26N4O5S/c1-15-13-21-22(14-15)7-3-6-20-19(24)17-12-16(4-5-18(17)27-2)29(25,26)23-8-10-28-11-9-23/h4-5,12-14H,3,6-11H2,1-2H3,(H,20,24). The molecule has 1 fully saturated rings. The van der Waals surface area contributed by atoms with Crippen LogP contribution >= 0.6 is 0 Å². The summed E-state index contributed by atoms with van der Waals surface area (Å²) < 4.78 is 39.4. The highest BCUT2D eigenvalue weighted by Crippen LogP contribution is 2.25. The van der Waals surface area contributed by atoms with Gasteiger partial charge in [-0.05, 0) is 37.1 Å². The van der Waals surface area contributed by atoms with E-state index in [4.69, 9.17) is 9.47 Å². The van der Waals surface area contributed by atoms with Crippen LogP contribution in [0.2, 0.25) is 0 Å². The van der Waals surface area contributed by atoms with Gasteiger partial charge in [0.15, 0.2) is 0 Å². The van der Waals surface area contributed by atoms with Gasteiger partial charge in [-0.15, -0.1) is 0 Å². The zero-order valence-electron chi connectivity index (χ0n) is 16.6. The Labute approximate surface area is 170 Å². The van der Waals surface area contributed by atoms with Gasteiger partial charge in [0.25, 0.3) is 5.91 Å². The third-order valence-corrected chi connectivity index (χ3v) is 6.53. The van der Waals surface area contributed by atoms with Gasteiger partial charge in [-0.2, -0.15) is 9.40 Å². The van der Waals surface area contributed by atoms with E-state index in [1.807, 2.05) is 17.8 Å². The van der Waals surface area contributed by atoms with Crippen molar-refractivity contribution in [2.24, 2.45) is 0 Å². The lowest BCUT2D eigenvalue weighted by Crippen LogP contribution is -2.40. The molecule has 10 heteroatoms. The van der Waals surface area contributed by atoms with E-state index < -0.39 is 10.0 Å². The molecule has 1 amide bonds. The summed E-state index contributed by atoms with van der Waals surface area (Å²) in [6.07, 6.45) is 4.41. The third kappa shape index (κ3) is 5.14. The number of methoxy groups -OCH3 is 1. The molecule has 0 atom stereocenters. The van der Waals surface area contributed by atoms with E-state index in [9.17, 15) is 13.2 Å². The zero-order valence-corrected chi connectivity index (χ0v) is 17.4. The van der Waals surface area contributed by atoms with Crippen LogP contribution in [0.4, 0.5) is 0 Å². The van der Waals surface area contributed by atoms with Crippen molar-refractivity contribution in [2.75, 3.05) is 40.0 Å². The average Bonchev–Trinajstić information content (AvgIpc) is 3.16. The maximum absolute atomic E-state index is 12.9. The van der Waals surface area contributed by atoms with Gasteiger partial charge in [0.2, 0.25) is 10.0 Å². The number of morpholine rings is 1. The van der Waals surface area contributed by atoms with E-state index in [0.717, 1.165) is 5.56 Å². The molecule has 0 saturated carbocycles. The summed E-state index contributed by atoms with van der Waals surface area (Å²) in [6, 6.07) is 4.34. The van der Waals surface area contributed by atoms with Crippen molar-refractivity contribution < 1.29 is 22.7 Å². The van der Waals surface area contributed by atoms with E-state index in [1.54, 1.807) is 6.20 Å². The highest BCUT2D eigenvalue weighted by atomic mass is 32.2. The summed E-state index contributed by atoms with van der Waals surface area (Å²) in [6.45, 7) is 4.39. The fourth-order valence-electron chi connectivity index (χ4n) is 3.09. The fourth-order valence-corrected chi connectivity index (χ4v) is 4.52. The number of hydrogen-bond acceptors (Lipinski definition) is 6. The van der Waals surface area contributed by atoms with Crippen LogP contribution in [0.25, 0.3) is 0 Å². The molecule has 2 heterocycles. The summed E-state index contributed by atoms with van der Waals surface area (Å²) in [7, 11) is -2.25. The summed E-state index contributed by atoms with van der Waals surface area (Å²) in [5.41, 5.74) is 1.27. The van der Waals surface area contributed by atoms with E-state index in [1.165, 1.54) is 29.6 Å². The van der Waals surface area contributed by atoms with Crippen LogP contribution in [0.1, 0.15) is 22.3 Å². The van der Waals surface area contributed by atoms with Crippen molar-refractivity contribution in [3.05, 3.63) is 41.7 Å². The highest BCUT2D eigenvalue weighted by molar-refractivity contribution is 7.89. The van der Waals surface area contributed by atoms with E-state index in [0.29, 0.717) is 51.6 Å². The minimum atomic E-state index is -3.70. The summed E-state index contributed by atoms with van der Waals surface area (Å²) in [5, 5.41) is 7.03. The highest BCUT2D eigenvalue weighted by Gasteiger charge is 2.28. The number of carbonyl (C=O) groups excluding carboxylic acids is 1. The summed E-state index contributed by atoms with van der Waals surface area (Å²) >= 11 is 0. The Balaban J connectivity index is 1.68. The minimum absolute atomic E-state index is 0.0670. The van der Waals surface area contributed by atoms with Crippen molar-refractivity contribution in [3.63, 3.8) is 0 Å². The number of rotatable bonds is 8. The average molecular weight is 423 g/mol. The lowest BCUT2D eigenvalue weighted by Gasteiger charge is -2.26. The van der Waals surface area contributed by atoms with Crippen LogP contribution in [-0.4, -0.2) is 68.4 Å². The predicted octanol–water partition coefficient (Wildman–Crippen LogP) is 1.04. The number of aryl methyl sites for hydroxylation is 2. The Morgan fingerprint density at radius 3 is 2.72 bits per heavy atom. The SMILES string of the molecule is COc1ccc(S(=O)(=O)N2CCOCC2)cc1C(=O)NCCCn1cc(C)cn1. The maximum Gasteiger partial charge on any atom is 0.255 e. The smallest absolute Gasteiger partial charge is 0.255 e. The molecule has 1 N–H and O–H groups in total. The fraction of sp³-hybridized carbons (Fsp3) is 0.474. The Bertz CT molecular complexity index is 951. The molecule has 0 unspecified atom stereocenters. The molecular weight excluding hydrogens is 396 g/mol. The first-order chi connectivity index (χ1) is 13.9. The predicted molar refractivity (Wildman–Crippen MR) is 106 cm³/mol. The number of benzene rings is 1. The molecule has 1 aliphatic rings. The third-order valence-electron chi connectivity index (χ3n) is 4.64. The van der Waals surface area contributed by atoms with Crippen LogP contribution in [0.5, 0.6) is 5.75 Å². The number of aromatic nitrogens is 2. The van der Waals surface area contributed by atoms with Crippen molar-refractivity contribution in [1.29, 1.82) is 0 Å². The van der Waals surface area contributed by atoms with Gasteiger partial charge >= 0.3 is 0 Å². The monoisotopic (exact) mass is 422 g/mol. The zero-order chi connectivity index (χ0) is 20.9. The largest absolute Gasteiger partial charge is 0.496 e. The number of sulfonamides is 1. The normalized spacial score (nSPS) is 15.2. The van der Waals surface area contributed by atoms with Crippen molar-refractivity contribution in [2.45, 2.75) is 24.8 Å². The van der Waals surface area contributed by atoms with Gasteiger partial charge in [0.1, 0.15) is 5.75 Å². The molecule has 0 bridgehead atoms. The van der Waals surface area contributed by atoms with Gasteiger partial charge in [0.05, 0.1) is 37.0 Å². The van der Waals surface area contributed by atoms with Gasteiger partial charge in [0, 0.05) is 32.4 Å². The Morgan fingerprint density at radius 2 is 2.07 bits per heavy atom. The second kappa shape index (κ2) is 9.38. The number of nitrogens with one attached hydrogen (secondary N) is 1. The van der Waals surface area contributed by atoms with Crippen LogP contribution in [-0.2, 0) is 21.3 Å². The molecule has 1 aromatic heterocycles. The second-order valence-corrected chi connectivity index (χ2v) is 8.71. The molecule has 158 valence electrons.